The van der Waals surface area contributed by atoms with Crippen molar-refractivity contribution in [3.05, 3.63) is 47.8 Å². The monoisotopic (exact) mass is 265 g/mol. The first kappa shape index (κ1) is 13.1. The van der Waals surface area contributed by atoms with Crippen LogP contribution in [0.15, 0.2) is 30.5 Å². The highest BCUT2D eigenvalue weighted by molar-refractivity contribution is 6.03. The van der Waals surface area contributed by atoms with E-state index < -0.39 is 17.5 Å². The molecule has 0 aliphatic carbocycles. The van der Waals surface area contributed by atoms with Gasteiger partial charge in [0, 0.05) is 24.5 Å². The summed E-state index contributed by atoms with van der Waals surface area (Å²) < 4.78 is 27.7. The van der Waals surface area contributed by atoms with Crippen LogP contribution in [0.5, 0.6) is 0 Å². The molecule has 1 aromatic carbocycles. The molecule has 0 spiro atoms. The Morgan fingerprint density at radius 3 is 2.47 bits per heavy atom. The van der Waals surface area contributed by atoms with Gasteiger partial charge in [0.1, 0.15) is 17.3 Å². The van der Waals surface area contributed by atoms with Crippen molar-refractivity contribution in [1.82, 2.24) is 4.57 Å². The quantitative estimate of drug-likeness (QED) is 0.896. The summed E-state index contributed by atoms with van der Waals surface area (Å²) in [5.74, 6) is -1.97. The van der Waals surface area contributed by atoms with Crippen LogP contribution in [0.2, 0.25) is 0 Å². The highest BCUT2D eigenvalue weighted by Gasteiger charge is 2.13. The molecule has 2 rings (SSSR count). The van der Waals surface area contributed by atoms with E-state index in [1.807, 2.05) is 6.92 Å². The van der Waals surface area contributed by atoms with E-state index in [0.717, 1.165) is 18.2 Å². The van der Waals surface area contributed by atoms with Crippen molar-refractivity contribution in [2.75, 3.05) is 11.1 Å². The molecule has 1 heterocycles. The number of aryl methyl sites for hydroxylation is 1. The molecule has 0 bridgehead atoms. The Bertz CT molecular complexity index is 602. The second-order valence-corrected chi connectivity index (χ2v) is 4.06. The van der Waals surface area contributed by atoms with E-state index in [-0.39, 0.29) is 5.69 Å². The number of carbonyl (C=O) groups is 1. The van der Waals surface area contributed by atoms with E-state index >= 15 is 0 Å². The van der Waals surface area contributed by atoms with Crippen molar-refractivity contribution >= 4 is 17.3 Å². The fourth-order valence-corrected chi connectivity index (χ4v) is 1.81. The number of nitrogen functional groups attached to an aromatic ring is 1. The topological polar surface area (TPSA) is 60.0 Å². The normalized spacial score (nSPS) is 10.5. The highest BCUT2D eigenvalue weighted by atomic mass is 19.1. The Balaban J connectivity index is 2.25. The second kappa shape index (κ2) is 5.09. The van der Waals surface area contributed by atoms with E-state index in [2.05, 4.69) is 5.32 Å². The van der Waals surface area contributed by atoms with Gasteiger partial charge >= 0.3 is 0 Å². The molecule has 6 heteroatoms. The van der Waals surface area contributed by atoms with Crippen LogP contribution in [0.3, 0.4) is 0 Å². The third-order valence-corrected chi connectivity index (χ3v) is 2.61. The summed E-state index contributed by atoms with van der Waals surface area (Å²) in [6, 6.07) is 4.34. The minimum atomic E-state index is -0.749. The molecule has 3 N–H and O–H groups in total. The predicted octanol–water partition coefficient (Wildman–Crippen LogP) is 2.62. The molecule has 1 amide bonds. The van der Waals surface area contributed by atoms with E-state index in [0.29, 0.717) is 17.9 Å². The molecule has 2 aromatic rings. The zero-order chi connectivity index (χ0) is 14.0. The number of hydrogen-bond acceptors (Lipinski definition) is 2. The Morgan fingerprint density at radius 1 is 1.26 bits per heavy atom. The number of hydrogen-bond donors (Lipinski definition) is 2. The summed E-state index contributed by atoms with van der Waals surface area (Å²) in [6.45, 7) is 2.43. The summed E-state index contributed by atoms with van der Waals surface area (Å²) in [5.41, 5.74) is 6.47. The molecule has 0 saturated carbocycles. The third-order valence-electron chi connectivity index (χ3n) is 2.61. The zero-order valence-corrected chi connectivity index (χ0v) is 10.3. The molecule has 100 valence electrons. The number of amides is 1. The van der Waals surface area contributed by atoms with Gasteiger partial charge in [-0.1, -0.05) is 0 Å². The molecule has 4 nitrogen and oxygen atoms in total. The van der Waals surface area contributed by atoms with Crippen LogP contribution in [0.1, 0.15) is 17.4 Å². The van der Waals surface area contributed by atoms with Gasteiger partial charge in [-0.15, -0.1) is 0 Å². The minimum absolute atomic E-state index is 0.0601. The number of carbonyl (C=O) groups excluding carboxylic acids is 1. The number of nitrogens with one attached hydrogen (secondary N) is 1. The Labute approximate surface area is 108 Å². The van der Waals surface area contributed by atoms with E-state index in [1.165, 1.54) is 6.07 Å². The average molecular weight is 265 g/mol. The summed E-state index contributed by atoms with van der Waals surface area (Å²) in [5, 5.41) is 2.43. The lowest BCUT2D eigenvalue weighted by Crippen LogP contribution is -2.16. The Morgan fingerprint density at radius 2 is 1.89 bits per heavy atom. The van der Waals surface area contributed by atoms with Gasteiger partial charge in [0.15, 0.2) is 0 Å². The third kappa shape index (κ3) is 2.90. The van der Waals surface area contributed by atoms with Gasteiger partial charge in [-0.05, 0) is 25.1 Å². The Kier molecular flexibility index (Phi) is 3.50. The fourth-order valence-electron chi connectivity index (χ4n) is 1.81. The Hall–Kier alpha value is -2.37. The summed E-state index contributed by atoms with van der Waals surface area (Å²) in [4.78, 5) is 12.0. The summed E-state index contributed by atoms with van der Waals surface area (Å²) >= 11 is 0. The first-order chi connectivity index (χ1) is 8.99. The molecule has 19 heavy (non-hydrogen) atoms. The standard InChI is InChI=1S/C13H13F2N3O/c1-2-18-7-10(16)6-12(18)13(19)17-11-4-8(14)3-9(15)5-11/h3-7H,2,16H2,1H3,(H,17,19). The van der Waals surface area contributed by atoms with Crippen molar-refractivity contribution in [2.24, 2.45) is 0 Å². The van der Waals surface area contributed by atoms with Crippen LogP contribution in [0, 0.1) is 11.6 Å². The number of nitrogens with two attached hydrogens (primary N) is 1. The lowest BCUT2D eigenvalue weighted by Gasteiger charge is -2.07. The number of nitrogens with zero attached hydrogens (tertiary/aromatic N) is 1. The van der Waals surface area contributed by atoms with Crippen molar-refractivity contribution in [2.45, 2.75) is 13.5 Å². The highest BCUT2D eigenvalue weighted by Crippen LogP contribution is 2.16. The van der Waals surface area contributed by atoms with Crippen LogP contribution in [-0.4, -0.2) is 10.5 Å². The molecule has 0 radical (unpaired) electrons. The average Bonchev–Trinajstić information content (AvgIpc) is 2.69. The van der Waals surface area contributed by atoms with Gasteiger partial charge in [0.05, 0.1) is 5.69 Å². The van der Waals surface area contributed by atoms with Gasteiger partial charge in [0.2, 0.25) is 0 Å². The number of rotatable bonds is 3. The second-order valence-electron chi connectivity index (χ2n) is 4.06. The van der Waals surface area contributed by atoms with Gasteiger partial charge in [-0.2, -0.15) is 0 Å². The fraction of sp³-hybridized carbons (Fsp3) is 0.154. The molecular formula is C13H13F2N3O. The van der Waals surface area contributed by atoms with E-state index in [1.54, 1.807) is 10.8 Å². The van der Waals surface area contributed by atoms with Crippen molar-refractivity contribution in [3.63, 3.8) is 0 Å². The molecule has 0 aliphatic rings. The molecule has 0 atom stereocenters. The largest absolute Gasteiger partial charge is 0.397 e. The van der Waals surface area contributed by atoms with Crippen molar-refractivity contribution in [3.8, 4) is 0 Å². The maximum Gasteiger partial charge on any atom is 0.272 e. The lowest BCUT2D eigenvalue weighted by atomic mass is 10.3. The first-order valence-electron chi connectivity index (χ1n) is 5.72. The van der Waals surface area contributed by atoms with Crippen LogP contribution in [0.4, 0.5) is 20.2 Å². The number of halogens is 2. The van der Waals surface area contributed by atoms with Gasteiger partial charge in [-0.3, -0.25) is 4.79 Å². The maximum absolute atomic E-state index is 13.0. The zero-order valence-electron chi connectivity index (χ0n) is 10.3. The van der Waals surface area contributed by atoms with Gasteiger partial charge in [0.25, 0.3) is 5.91 Å². The molecular weight excluding hydrogens is 252 g/mol. The molecule has 1 aromatic heterocycles. The molecule has 0 aliphatic heterocycles. The smallest absolute Gasteiger partial charge is 0.272 e. The van der Waals surface area contributed by atoms with E-state index in [4.69, 9.17) is 5.73 Å². The lowest BCUT2D eigenvalue weighted by molar-refractivity contribution is 0.101. The SMILES string of the molecule is CCn1cc(N)cc1C(=O)Nc1cc(F)cc(F)c1. The van der Waals surface area contributed by atoms with Crippen molar-refractivity contribution in [1.29, 1.82) is 0 Å². The summed E-state index contributed by atoms with van der Waals surface area (Å²) in [6.07, 6.45) is 1.63. The number of aromatic nitrogens is 1. The van der Waals surface area contributed by atoms with Crippen LogP contribution in [-0.2, 0) is 6.54 Å². The molecule has 0 unspecified atom stereocenters. The minimum Gasteiger partial charge on any atom is -0.397 e. The molecule has 0 fully saturated rings. The van der Waals surface area contributed by atoms with Crippen LogP contribution in [0.25, 0.3) is 0 Å². The predicted molar refractivity (Wildman–Crippen MR) is 68.8 cm³/mol. The number of anilines is 2. The van der Waals surface area contributed by atoms with E-state index in [9.17, 15) is 13.6 Å². The summed E-state index contributed by atoms with van der Waals surface area (Å²) in [7, 11) is 0. The van der Waals surface area contributed by atoms with Crippen LogP contribution >= 0.6 is 0 Å². The maximum atomic E-state index is 13.0. The number of benzene rings is 1. The van der Waals surface area contributed by atoms with Gasteiger partial charge < -0.3 is 15.6 Å². The first-order valence-corrected chi connectivity index (χ1v) is 5.72. The van der Waals surface area contributed by atoms with Crippen LogP contribution < -0.4 is 11.1 Å². The van der Waals surface area contributed by atoms with Gasteiger partial charge in [-0.25, -0.2) is 8.78 Å². The van der Waals surface area contributed by atoms with Crippen molar-refractivity contribution < 1.29 is 13.6 Å². The molecule has 0 saturated heterocycles.